The molecule has 0 spiro atoms. The minimum absolute atomic E-state index is 0.00771. The quantitative estimate of drug-likeness (QED) is 0.699. The van der Waals surface area contributed by atoms with Crippen molar-refractivity contribution in [3.8, 4) is 11.5 Å². The number of benzene rings is 1. The minimum Gasteiger partial charge on any atom is -0.486 e. The van der Waals surface area contributed by atoms with Crippen LogP contribution in [0, 0.1) is 0 Å². The van der Waals surface area contributed by atoms with Crippen molar-refractivity contribution in [2.45, 2.75) is 6.92 Å². The second kappa shape index (κ2) is 3.81. The lowest BCUT2D eigenvalue weighted by Crippen LogP contribution is -2.23. The Morgan fingerprint density at radius 3 is 2.60 bits per heavy atom. The summed E-state index contributed by atoms with van der Waals surface area (Å²) in [6.07, 6.45) is 0. The third-order valence-corrected chi connectivity index (χ3v) is 2.39. The van der Waals surface area contributed by atoms with E-state index in [0.29, 0.717) is 19.0 Å². The number of nitrogens with zero attached hydrogens (tertiary/aromatic N) is 1. The van der Waals surface area contributed by atoms with Crippen molar-refractivity contribution < 1.29 is 14.3 Å². The van der Waals surface area contributed by atoms with E-state index < -0.39 is 0 Å². The van der Waals surface area contributed by atoms with E-state index in [9.17, 15) is 4.79 Å². The second-order valence-corrected chi connectivity index (χ2v) is 3.41. The fraction of sp³-hybridized carbons (Fsp3) is 0.364. The van der Waals surface area contributed by atoms with Crippen LogP contribution in [0.25, 0.3) is 0 Å². The van der Waals surface area contributed by atoms with Gasteiger partial charge in [0, 0.05) is 25.7 Å². The van der Waals surface area contributed by atoms with Gasteiger partial charge in [0.05, 0.1) is 0 Å². The van der Waals surface area contributed by atoms with Crippen LogP contribution >= 0.6 is 0 Å². The normalized spacial score (nSPS) is 13.5. The molecule has 0 bridgehead atoms. The maximum Gasteiger partial charge on any atom is 0.223 e. The molecule has 15 heavy (non-hydrogen) atoms. The topological polar surface area (TPSA) is 38.8 Å². The van der Waals surface area contributed by atoms with Crippen molar-refractivity contribution >= 4 is 11.6 Å². The molecular formula is C11H13NO3. The Balaban J connectivity index is 2.31. The summed E-state index contributed by atoms with van der Waals surface area (Å²) < 4.78 is 10.8. The summed E-state index contributed by atoms with van der Waals surface area (Å²) in [7, 11) is 1.73. The Bertz CT molecular complexity index is 389. The summed E-state index contributed by atoms with van der Waals surface area (Å²) >= 11 is 0. The van der Waals surface area contributed by atoms with Crippen molar-refractivity contribution in [1.82, 2.24) is 0 Å². The largest absolute Gasteiger partial charge is 0.486 e. The van der Waals surface area contributed by atoms with Crippen LogP contribution in [0.5, 0.6) is 11.5 Å². The van der Waals surface area contributed by atoms with Crippen molar-refractivity contribution in [2.24, 2.45) is 0 Å². The Labute approximate surface area is 88.4 Å². The fourth-order valence-corrected chi connectivity index (χ4v) is 1.42. The van der Waals surface area contributed by atoms with Gasteiger partial charge in [-0.1, -0.05) is 0 Å². The van der Waals surface area contributed by atoms with E-state index in [4.69, 9.17) is 9.47 Å². The molecule has 1 aromatic rings. The summed E-state index contributed by atoms with van der Waals surface area (Å²) in [5.41, 5.74) is 0.812. The van der Waals surface area contributed by atoms with Gasteiger partial charge in [-0.2, -0.15) is 0 Å². The molecular weight excluding hydrogens is 194 g/mol. The predicted octanol–water partition coefficient (Wildman–Crippen LogP) is 1.44. The zero-order chi connectivity index (χ0) is 10.8. The van der Waals surface area contributed by atoms with Gasteiger partial charge in [0.1, 0.15) is 13.2 Å². The molecule has 1 aliphatic heterocycles. The van der Waals surface area contributed by atoms with E-state index >= 15 is 0 Å². The molecule has 0 unspecified atom stereocenters. The molecule has 2 rings (SSSR count). The first-order valence-electron chi connectivity index (χ1n) is 4.82. The molecule has 0 fully saturated rings. The molecule has 0 atom stereocenters. The Morgan fingerprint density at radius 2 is 1.93 bits per heavy atom. The average molecular weight is 207 g/mol. The SMILES string of the molecule is CC(=O)N(C)c1ccc2c(c1)OCCO2. The number of fused-ring (bicyclic) bond motifs is 1. The number of carbonyl (C=O) groups excluding carboxylic acids is 1. The molecule has 0 radical (unpaired) electrons. The van der Waals surface area contributed by atoms with Crippen LogP contribution in [-0.4, -0.2) is 26.2 Å². The van der Waals surface area contributed by atoms with Gasteiger partial charge in [-0.3, -0.25) is 4.79 Å². The number of hydrogen-bond acceptors (Lipinski definition) is 3. The highest BCUT2D eigenvalue weighted by Crippen LogP contribution is 2.33. The Morgan fingerprint density at radius 1 is 1.27 bits per heavy atom. The highest BCUT2D eigenvalue weighted by atomic mass is 16.6. The summed E-state index contributed by atoms with van der Waals surface area (Å²) in [6.45, 7) is 2.66. The van der Waals surface area contributed by atoms with Gasteiger partial charge in [0.15, 0.2) is 11.5 Å². The van der Waals surface area contributed by atoms with Gasteiger partial charge in [-0.25, -0.2) is 0 Å². The second-order valence-electron chi connectivity index (χ2n) is 3.41. The standard InChI is InChI=1S/C11H13NO3/c1-8(13)12(2)9-3-4-10-11(7-9)15-6-5-14-10/h3-4,7H,5-6H2,1-2H3. The number of anilines is 1. The number of rotatable bonds is 1. The Hall–Kier alpha value is -1.71. The first kappa shape index (κ1) is 9.83. The smallest absolute Gasteiger partial charge is 0.223 e. The monoisotopic (exact) mass is 207 g/mol. The molecule has 1 heterocycles. The molecule has 1 amide bonds. The summed E-state index contributed by atoms with van der Waals surface area (Å²) in [4.78, 5) is 12.7. The first-order valence-corrected chi connectivity index (χ1v) is 4.82. The van der Waals surface area contributed by atoms with Gasteiger partial charge in [-0.15, -0.1) is 0 Å². The number of carbonyl (C=O) groups is 1. The van der Waals surface area contributed by atoms with Crippen LogP contribution in [-0.2, 0) is 4.79 Å². The highest BCUT2D eigenvalue weighted by Gasteiger charge is 2.14. The fourth-order valence-electron chi connectivity index (χ4n) is 1.42. The number of ether oxygens (including phenoxy) is 2. The van der Waals surface area contributed by atoms with E-state index in [1.807, 2.05) is 18.2 Å². The summed E-state index contributed by atoms with van der Waals surface area (Å²) in [5.74, 6) is 1.43. The van der Waals surface area contributed by atoms with Crippen molar-refractivity contribution in [2.75, 3.05) is 25.2 Å². The van der Waals surface area contributed by atoms with Crippen LogP contribution in [0.3, 0.4) is 0 Å². The van der Waals surface area contributed by atoms with Crippen LogP contribution in [0.15, 0.2) is 18.2 Å². The van der Waals surface area contributed by atoms with Crippen LogP contribution in [0.4, 0.5) is 5.69 Å². The predicted molar refractivity (Wildman–Crippen MR) is 56.5 cm³/mol. The molecule has 0 aromatic heterocycles. The van der Waals surface area contributed by atoms with E-state index in [-0.39, 0.29) is 5.91 Å². The number of hydrogen-bond donors (Lipinski definition) is 0. The highest BCUT2D eigenvalue weighted by molar-refractivity contribution is 5.91. The molecule has 1 aromatic carbocycles. The maximum absolute atomic E-state index is 11.2. The maximum atomic E-state index is 11.2. The molecule has 80 valence electrons. The molecule has 4 nitrogen and oxygen atoms in total. The van der Waals surface area contributed by atoms with Crippen molar-refractivity contribution in [3.63, 3.8) is 0 Å². The molecule has 4 heteroatoms. The van der Waals surface area contributed by atoms with Gasteiger partial charge in [0.25, 0.3) is 0 Å². The van der Waals surface area contributed by atoms with E-state index in [2.05, 4.69) is 0 Å². The molecule has 0 saturated heterocycles. The zero-order valence-electron chi connectivity index (χ0n) is 8.82. The van der Waals surface area contributed by atoms with E-state index in [0.717, 1.165) is 11.4 Å². The third-order valence-electron chi connectivity index (χ3n) is 2.39. The van der Waals surface area contributed by atoms with Crippen LogP contribution in [0.2, 0.25) is 0 Å². The van der Waals surface area contributed by atoms with Gasteiger partial charge < -0.3 is 14.4 Å². The van der Waals surface area contributed by atoms with E-state index in [1.165, 1.54) is 6.92 Å². The average Bonchev–Trinajstić information content (AvgIpc) is 2.27. The lowest BCUT2D eigenvalue weighted by atomic mass is 10.2. The third kappa shape index (κ3) is 1.88. The minimum atomic E-state index is -0.00771. The van der Waals surface area contributed by atoms with Gasteiger partial charge >= 0.3 is 0 Å². The molecule has 0 aliphatic carbocycles. The molecule has 0 saturated carbocycles. The van der Waals surface area contributed by atoms with Crippen molar-refractivity contribution in [3.05, 3.63) is 18.2 Å². The Kier molecular flexibility index (Phi) is 2.49. The first-order chi connectivity index (χ1) is 7.18. The zero-order valence-corrected chi connectivity index (χ0v) is 8.82. The van der Waals surface area contributed by atoms with Crippen LogP contribution < -0.4 is 14.4 Å². The lowest BCUT2D eigenvalue weighted by Gasteiger charge is -2.21. The molecule has 1 aliphatic rings. The molecule has 0 N–H and O–H groups in total. The van der Waals surface area contributed by atoms with E-state index in [1.54, 1.807) is 11.9 Å². The van der Waals surface area contributed by atoms with Crippen LogP contribution in [0.1, 0.15) is 6.92 Å². The number of amides is 1. The van der Waals surface area contributed by atoms with Gasteiger partial charge in [-0.05, 0) is 12.1 Å². The van der Waals surface area contributed by atoms with Crippen molar-refractivity contribution in [1.29, 1.82) is 0 Å². The lowest BCUT2D eigenvalue weighted by molar-refractivity contribution is -0.116. The van der Waals surface area contributed by atoms with Gasteiger partial charge in [0.2, 0.25) is 5.91 Å². The summed E-state index contributed by atoms with van der Waals surface area (Å²) in [5, 5.41) is 0. The summed E-state index contributed by atoms with van der Waals surface area (Å²) in [6, 6.07) is 5.48.